The number of rotatable bonds is 10. The second kappa shape index (κ2) is 15.6. The first-order chi connectivity index (χ1) is 26.8. The number of nitrogens with one attached hydrogen (secondary N) is 3. The van der Waals surface area contributed by atoms with Gasteiger partial charge in [-0.3, -0.25) is 29.4 Å². The Balaban J connectivity index is 1.02. The fourth-order valence-corrected chi connectivity index (χ4v) is 7.22. The van der Waals surface area contributed by atoms with Crippen molar-refractivity contribution in [1.29, 1.82) is 0 Å². The molecule has 3 aromatic carbocycles. The molecule has 17 heteroatoms. The molecular weight excluding hydrogens is 738 g/mol. The number of ether oxygens (including phenoxy) is 2. The van der Waals surface area contributed by atoms with Crippen molar-refractivity contribution in [3.05, 3.63) is 100.0 Å². The second-order valence-corrected chi connectivity index (χ2v) is 13.8. The van der Waals surface area contributed by atoms with Crippen molar-refractivity contribution < 1.29 is 46.2 Å². The highest BCUT2D eigenvalue weighted by molar-refractivity contribution is 6.01. The van der Waals surface area contributed by atoms with Crippen LogP contribution in [0.25, 0.3) is 0 Å². The Labute approximate surface area is 318 Å². The zero-order valence-electron chi connectivity index (χ0n) is 30.3. The fraction of sp³-hybridized carbons (Fsp3) is 0.333. The molecule has 13 nitrogen and oxygen atoms in total. The standard InChI is InChI=1S/C39H37F4N7O6/c1-49-19-22-7-5-9-30(33(22)37(49)54)56-36-27(39(41,42)43)18-44-38(48-36)46-29-17-28(40)26(16-31(29)55-2)35(53)45-23-12-14-50(15-13-23)20-21-6-3-4-8-24(21)25-10-11-32(51)47-34(25)52/h3-9,16-18,23,25H,10-15,19-20H2,1-2H3,(H,45,53)(H,44,46,48)(H,47,51,52). The number of fused-ring (bicyclic) bond motifs is 1. The topological polar surface area (TPSA) is 155 Å². The molecule has 3 aliphatic heterocycles. The molecule has 0 bridgehead atoms. The number of hydrogen-bond donors (Lipinski definition) is 3. The Kier molecular flexibility index (Phi) is 10.6. The molecule has 3 N–H and O–H groups in total. The van der Waals surface area contributed by atoms with Crippen LogP contribution in [0, 0.1) is 5.82 Å². The minimum Gasteiger partial charge on any atom is -0.495 e. The third-order valence-corrected chi connectivity index (χ3v) is 10.1. The molecule has 56 heavy (non-hydrogen) atoms. The number of carbonyl (C=O) groups is 4. The van der Waals surface area contributed by atoms with Crippen molar-refractivity contribution in [1.82, 2.24) is 30.4 Å². The van der Waals surface area contributed by atoms with Crippen LogP contribution in [0.5, 0.6) is 17.4 Å². The average molecular weight is 776 g/mol. The lowest BCUT2D eigenvalue weighted by molar-refractivity contribution is -0.139. The summed E-state index contributed by atoms with van der Waals surface area (Å²) in [6, 6.07) is 14.1. The molecule has 4 aromatic rings. The van der Waals surface area contributed by atoms with Gasteiger partial charge in [-0.15, -0.1) is 0 Å². The molecule has 7 rings (SSSR count). The van der Waals surface area contributed by atoms with E-state index in [0.717, 1.165) is 17.2 Å². The summed E-state index contributed by atoms with van der Waals surface area (Å²) >= 11 is 0. The lowest BCUT2D eigenvalue weighted by atomic mass is 9.87. The summed E-state index contributed by atoms with van der Waals surface area (Å²) in [6.45, 7) is 2.10. The average Bonchev–Trinajstić information content (AvgIpc) is 3.45. The van der Waals surface area contributed by atoms with Gasteiger partial charge in [0.2, 0.25) is 23.6 Å². The van der Waals surface area contributed by atoms with Crippen molar-refractivity contribution >= 4 is 35.3 Å². The molecule has 4 amide bonds. The monoisotopic (exact) mass is 775 g/mol. The van der Waals surface area contributed by atoms with Crippen LogP contribution in [0.1, 0.15) is 74.6 Å². The number of hydrogen-bond acceptors (Lipinski definition) is 10. The van der Waals surface area contributed by atoms with E-state index in [9.17, 15) is 32.3 Å². The number of methoxy groups -OCH3 is 1. The van der Waals surface area contributed by atoms with Gasteiger partial charge in [0.05, 0.1) is 29.8 Å². The first kappa shape index (κ1) is 38.2. The summed E-state index contributed by atoms with van der Waals surface area (Å²) in [5, 5.41) is 7.96. The number of carbonyl (C=O) groups excluding carboxylic acids is 4. The number of aromatic nitrogens is 2. The van der Waals surface area contributed by atoms with E-state index in [1.54, 1.807) is 19.2 Å². The van der Waals surface area contributed by atoms with Crippen LogP contribution in [0.3, 0.4) is 0 Å². The van der Waals surface area contributed by atoms with Crippen molar-refractivity contribution in [3.8, 4) is 17.4 Å². The third kappa shape index (κ3) is 7.98. The van der Waals surface area contributed by atoms with Gasteiger partial charge in [0.15, 0.2) is 0 Å². The summed E-state index contributed by atoms with van der Waals surface area (Å²) in [7, 11) is 2.84. The Morgan fingerprint density at radius 2 is 1.79 bits per heavy atom. The van der Waals surface area contributed by atoms with Crippen molar-refractivity contribution in [3.63, 3.8) is 0 Å². The van der Waals surface area contributed by atoms with Crippen LogP contribution in [0.4, 0.5) is 29.2 Å². The van der Waals surface area contributed by atoms with E-state index in [-0.39, 0.29) is 59.1 Å². The molecule has 2 saturated heterocycles. The summed E-state index contributed by atoms with van der Waals surface area (Å²) in [6.07, 6.45) is -2.51. The Morgan fingerprint density at radius 3 is 2.52 bits per heavy atom. The van der Waals surface area contributed by atoms with Gasteiger partial charge in [0, 0.05) is 58.0 Å². The number of benzene rings is 3. The van der Waals surface area contributed by atoms with E-state index in [1.807, 2.05) is 24.3 Å². The molecule has 292 valence electrons. The summed E-state index contributed by atoms with van der Waals surface area (Å²) < 4.78 is 68.6. The van der Waals surface area contributed by atoms with E-state index in [1.165, 1.54) is 24.1 Å². The van der Waals surface area contributed by atoms with Gasteiger partial charge in [-0.25, -0.2) is 9.37 Å². The molecule has 0 saturated carbocycles. The van der Waals surface area contributed by atoms with E-state index >= 15 is 4.39 Å². The van der Waals surface area contributed by atoms with Crippen molar-refractivity contribution in [2.45, 2.75) is 56.9 Å². The zero-order valence-corrected chi connectivity index (χ0v) is 30.3. The summed E-state index contributed by atoms with van der Waals surface area (Å²) in [5.41, 5.74) is 0.890. The van der Waals surface area contributed by atoms with Crippen molar-refractivity contribution in [2.24, 2.45) is 0 Å². The number of halogens is 4. The maximum atomic E-state index is 15.5. The maximum Gasteiger partial charge on any atom is 0.423 e. The van der Waals surface area contributed by atoms with Crippen LogP contribution >= 0.6 is 0 Å². The van der Waals surface area contributed by atoms with Gasteiger partial charge in [-0.2, -0.15) is 18.2 Å². The Hall–Kier alpha value is -6.10. The smallest absolute Gasteiger partial charge is 0.423 e. The predicted molar refractivity (Wildman–Crippen MR) is 193 cm³/mol. The zero-order chi connectivity index (χ0) is 39.7. The van der Waals surface area contributed by atoms with E-state index < -0.39 is 47.1 Å². The molecule has 2 fully saturated rings. The lowest BCUT2D eigenvalue weighted by Crippen LogP contribution is -2.44. The Bertz CT molecular complexity index is 2210. The largest absolute Gasteiger partial charge is 0.495 e. The fourth-order valence-electron chi connectivity index (χ4n) is 7.22. The minimum atomic E-state index is -4.91. The molecule has 3 aliphatic rings. The number of nitrogens with zero attached hydrogens (tertiary/aromatic N) is 4. The molecule has 0 spiro atoms. The quantitative estimate of drug-likeness (QED) is 0.135. The van der Waals surface area contributed by atoms with Gasteiger partial charge in [0.25, 0.3) is 11.8 Å². The maximum absolute atomic E-state index is 15.5. The van der Waals surface area contributed by atoms with Gasteiger partial charge in [0.1, 0.15) is 22.9 Å². The number of imide groups is 1. The van der Waals surface area contributed by atoms with Crippen molar-refractivity contribution in [2.75, 3.05) is 32.6 Å². The van der Waals surface area contributed by atoms with Crippen LogP contribution in [-0.4, -0.2) is 76.7 Å². The number of amides is 4. The molecular formula is C39H37F4N7O6. The normalized spacial score (nSPS) is 17.7. The van der Waals surface area contributed by atoms with E-state index in [0.29, 0.717) is 50.7 Å². The molecule has 1 aromatic heterocycles. The van der Waals surface area contributed by atoms with Crippen LogP contribution < -0.4 is 25.4 Å². The Morgan fingerprint density at radius 1 is 1.02 bits per heavy atom. The first-order valence-electron chi connectivity index (χ1n) is 17.9. The summed E-state index contributed by atoms with van der Waals surface area (Å²) in [5.74, 6) is -4.41. The molecule has 1 atom stereocenters. The molecule has 0 radical (unpaired) electrons. The lowest BCUT2D eigenvalue weighted by Gasteiger charge is -2.33. The minimum absolute atomic E-state index is 0.0125. The highest BCUT2D eigenvalue weighted by Gasteiger charge is 2.38. The molecule has 0 aliphatic carbocycles. The number of likely N-dealkylation sites (tertiary alicyclic amines) is 1. The van der Waals surface area contributed by atoms with Gasteiger partial charge in [-0.1, -0.05) is 36.4 Å². The van der Waals surface area contributed by atoms with E-state index in [4.69, 9.17) is 9.47 Å². The molecule has 1 unspecified atom stereocenters. The van der Waals surface area contributed by atoms with Crippen LogP contribution in [-0.2, 0) is 28.9 Å². The van der Waals surface area contributed by atoms with Gasteiger partial charge >= 0.3 is 6.18 Å². The number of anilines is 2. The first-order valence-corrected chi connectivity index (χ1v) is 17.9. The van der Waals surface area contributed by atoms with Crippen LogP contribution in [0.15, 0.2) is 60.8 Å². The van der Waals surface area contributed by atoms with Gasteiger partial charge < -0.3 is 25.0 Å². The molecule has 4 heterocycles. The second-order valence-electron chi connectivity index (χ2n) is 13.8. The van der Waals surface area contributed by atoms with E-state index in [2.05, 4.69) is 30.8 Å². The highest BCUT2D eigenvalue weighted by atomic mass is 19.4. The number of alkyl halides is 3. The third-order valence-electron chi connectivity index (χ3n) is 10.1. The SMILES string of the molecule is COc1cc(C(=O)NC2CCN(Cc3ccccc3C3CCC(=O)NC3=O)CC2)c(F)cc1Nc1ncc(C(F)(F)F)c(Oc2cccc3c2C(=O)N(C)C3)n1. The highest BCUT2D eigenvalue weighted by Crippen LogP contribution is 2.40. The van der Waals surface area contributed by atoms with Crippen LogP contribution in [0.2, 0.25) is 0 Å². The predicted octanol–water partition coefficient (Wildman–Crippen LogP) is 5.68. The number of piperidine rings is 2. The van der Waals surface area contributed by atoms with Gasteiger partial charge in [-0.05, 0) is 48.1 Å². The summed E-state index contributed by atoms with van der Waals surface area (Å²) in [4.78, 5) is 61.5.